The molecule has 2 rings (SSSR count). The smallest absolute Gasteiger partial charge is 0.343 e. The molecule has 8 nitrogen and oxygen atoms in total. The Morgan fingerprint density at radius 1 is 1.00 bits per heavy atom. The summed E-state index contributed by atoms with van der Waals surface area (Å²) in [4.78, 5) is 31.2. The lowest BCUT2D eigenvalue weighted by Gasteiger charge is -2.04. The molecule has 0 saturated heterocycles. The lowest BCUT2D eigenvalue weighted by Crippen LogP contribution is -2.05. The summed E-state index contributed by atoms with van der Waals surface area (Å²) in [5.74, 6) is -1.50. The molecule has 0 bridgehead atoms. The Morgan fingerprint density at radius 3 is 2.00 bits per heavy atom. The van der Waals surface area contributed by atoms with E-state index in [0.29, 0.717) is 6.07 Å². The third-order valence-corrected chi connectivity index (χ3v) is 2.61. The van der Waals surface area contributed by atoms with Crippen LogP contribution in [0.1, 0.15) is 10.4 Å². The first-order valence-corrected chi connectivity index (χ1v) is 5.01. The van der Waals surface area contributed by atoms with Crippen molar-refractivity contribution in [3.8, 4) is 0 Å². The van der Waals surface area contributed by atoms with E-state index in [9.17, 15) is 25.0 Å². The molecular weight excluding hydrogens is 256 g/mol. The third-order valence-electron chi connectivity index (χ3n) is 2.61. The highest BCUT2D eigenvalue weighted by Crippen LogP contribution is 2.35. The Labute approximate surface area is 105 Å². The van der Waals surface area contributed by atoms with Crippen molar-refractivity contribution in [3.05, 3.63) is 56.1 Å². The van der Waals surface area contributed by atoms with Gasteiger partial charge >= 0.3 is 5.97 Å². The Bertz CT molecular complexity index is 724. The third kappa shape index (κ3) is 1.95. The first-order valence-electron chi connectivity index (χ1n) is 5.01. The molecule has 0 unspecified atom stereocenters. The van der Waals surface area contributed by atoms with Gasteiger partial charge in [-0.2, -0.15) is 0 Å². The van der Waals surface area contributed by atoms with E-state index in [1.54, 1.807) is 0 Å². The number of hydrogen-bond donors (Lipinski definition) is 1. The number of carbonyl (C=O) groups is 1. The van der Waals surface area contributed by atoms with Crippen LogP contribution in [0.25, 0.3) is 10.8 Å². The number of nitro benzene ring substituents is 2. The molecule has 8 heteroatoms. The maximum atomic E-state index is 11.1. The number of rotatable bonds is 3. The van der Waals surface area contributed by atoms with E-state index >= 15 is 0 Å². The molecule has 0 amide bonds. The largest absolute Gasteiger partial charge is 0.477 e. The number of fused-ring (bicyclic) bond motifs is 1. The fourth-order valence-corrected chi connectivity index (χ4v) is 1.86. The van der Waals surface area contributed by atoms with Crippen molar-refractivity contribution in [2.24, 2.45) is 0 Å². The minimum absolute atomic E-state index is 0.0316. The van der Waals surface area contributed by atoms with E-state index in [4.69, 9.17) is 5.11 Å². The van der Waals surface area contributed by atoms with Crippen LogP contribution in [-0.4, -0.2) is 20.9 Å². The molecule has 2 aromatic carbocycles. The van der Waals surface area contributed by atoms with E-state index < -0.39 is 32.8 Å². The highest BCUT2D eigenvalue weighted by Gasteiger charge is 2.28. The van der Waals surface area contributed by atoms with E-state index in [1.165, 1.54) is 24.3 Å². The van der Waals surface area contributed by atoms with Gasteiger partial charge < -0.3 is 5.11 Å². The number of non-ortho nitro benzene ring substituents is 1. The van der Waals surface area contributed by atoms with E-state index in [2.05, 4.69) is 0 Å². The van der Waals surface area contributed by atoms with Crippen molar-refractivity contribution in [3.63, 3.8) is 0 Å². The van der Waals surface area contributed by atoms with E-state index in [1.807, 2.05) is 0 Å². The SMILES string of the molecule is O=C(O)c1c([N+](=O)[O-])cc([N+](=O)[O-])c2ccccc12. The van der Waals surface area contributed by atoms with Gasteiger partial charge in [-0.05, 0) is 6.07 Å². The summed E-state index contributed by atoms with van der Waals surface area (Å²) in [6.07, 6.45) is 0. The second kappa shape index (κ2) is 4.33. The summed E-state index contributed by atoms with van der Waals surface area (Å²) >= 11 is 0. The fraction of sp³-hybridized carbons (Fsp3) is 0. The molecule has 96 valence electrons. The van der Waals surface area contributed by atoms with Crippen LogP contribution in [0, 0.1) is 20.2 Å². The van der Waals surface area contributed by atoms with E-state index in [-0.39, 0.29) is 10.8 Å². The van der Waals surface area contributed by atoms with Crippen LogP contribution < -0.4 is 0 Å². The average molecular weight is 262 g/mol. The maximum Gasteiger partial charge on any atom is 0.343 e. The molecule has 0 atom stereocenters. The van der Waals surface area contributed by atoms with Crippen LogP contribution in [0.15, 0.2) is 30.3 Å². The topological polar surface area (TPSA) is 124 Å². The van der Waals surface area contributed by atoms with Gasteiger partial charge in [0.05, 0.1) is 21.3 Å². The fourth-order valence-electron chi connectivity index (χ4n) is 1.86. The van der Waals surface area contributed by atoms with Crippen molar-refractivity contribution in [2.45, 2.75) is 0 Å². The molecule has 19 heavy (non-hydrogen) atoms. The second-order valence-corrected chi connectivity index (χ2v) is 3.65. The van der Waals surface area contributed by atoms with Crippen molar-refractivity contribution in [1.82, 2.24) is 0 Å². The molecule has 0 fully saturated rings. The van der Waals surface area contributed by atoms with Gasteiger partial charge in [-0.15, -0.1) is 0 Å². The van der Waals surface area contributed by atoms with Gasteiger partial charge in [-0.25, -0.2) is 4.79 Å². The van der Waals surface area contributed by atoms with Crippen LogP contribution in [0.2, 0.25) is 0 Å². The summed E-state index contributed by atoms with van der Waals surface area (Å²) in [5.41, 5.74) is -1.84. The summed E-state index contributed by atoms with van der Waals surface area (Å²) in [6, 6.07) is 6.28. The van der Waals surface area contributed by atoms with Gasteiger partial charge in [0.25, 0.3) is 11.4 Å². The Kier molecular flexibility index (Phi) is 2.83. The Balaban J connectivity index is 3.03. The van der Waals surface area contributed by atoms with Crippen LogP contribution in [-0.2, 0) is 0 Å². The average Bonchev–Trinajstić information content (AvgIpc) is 2.35. The lowest BCUT2D eigenvalue weighted by molar-refractivity contribution is -0.393. The number of aromatic carboxylic acids is 1. The maximum absolute atomic E-state index is 11.1. The summed E-state index contributed by atoms with van der Waals surface area (Å²) < 4.78 is 0. The molecule has 0 aromatic heterocycles. The quantitative estimate of drug-likeness (QED) is 0.668. The Hall–Kier alpha value is -3.03. The van der Waals surface area contributed by atoms with Crippen LogP contribution in [0.4, 0.5) is 11.4 Å². The van der Waals surface area contributed by atoms with Gasteiger partial charge in [0.2, 0.25) is 0 Å². The van der Waals surface area contributed by atoms with Gasteiger partial charge in [0.15, 0.2) is 0 Å². The van der Waals surface area contributed by atoms with Gasteiger partial charge in [0, 0.05) is 5.39 Å². The summed E-state index contributed by atoms with van der Waals surface area (Å²) in [7, 11) is 0. The molecule has 0 heterocycles. The van der Waals surface area contributed by atoms with E-state index in [0.717, 1.165) is 0 Å². The lowest BCUT2D eigenvalue weighted by atomic mass is 10.0. The first-order chi connectivity index (χ1) is 8.93. The molecule has 0 radical (unpaired) electrons. The number of nitro groups is 2. The molecule has 0 aliphatic heterocycles. The minimum atomic E-state index is -1.50. The van der Waals surface area contributed by atoms with Crippen LogP contribution >= 0.6 is 0 Å². The number of carboxylic acid groups (broad SMARTS) is 1. The first kappa shape index (κ1) is 12.4. The van der Waals surface area contributed by atoms with Crippen molar-refractivity contribution in [2.75, 3.05) is 0 Å². The predicted molar refractivity (Wildman–Crippen MR) is 64.2 cm³/mol. The minimum Gasteiger partial charge on any atom is -0.477 e. The molecule has 1 N–H and O–H groups in total. The van der Waals surface area contributed by atoms with Crippen molar-refractivity contribution < 1.29 is 19.7 Å². The van der Waals surface area contributed by atoms with Crippen molar-refractivity contribution in [1.29, 1.82) is 0 Å². The Morgan fingerprint density at radius 2 is 1.53 bits per heavy atom. The van der Waals surface area contributed by atoms with Gasteiger partial charge in [-0.1, -0.05) is 18.2 Å². The number of hydrogen-bond acceptors (Lipinski definition) is 5. The standard InChI is InChI=1S/C11H6N2O6/c14-11(15)10-7-4-2-1-3-6(7)8(12(16)17)5-9(10)13(18)19/h1-5H,(H,14,15). The highest BCUT2D eigenvalue weighted by molar-refractivity contribution is 6.10. The number of nitrogens with zero attached hydrogens (tertiary/aromatic N) is 2. The zero-order chi connectivity index (χ0) is 14.2. The second-order valence-electron chi connectivity index (χ2n) is 3.65. The predicted octanol–water partition coefficient (Wildman–Crippen LogP) is 2.35. The number of benzene rings is 2. The highest BCUT2D eigenvalue weighted by atomic mass is 16.6. The molecule has 2 aromatic rings. The van der Waals surface area contributed by atoms with Crippen LogP contribution in [0.3, 0.4) is 0 Å². The summed E-state index contributed by atoms with van der Waals surface area (Å²) in [5, 5.41) is 30.9. The van der Waals surface area contributed by atoms with Gasteiger partial charge in [0.1, 0.15) is 5.56 Å². The number of carboxylic acids is 1. The monoisotopic (exact) mass is 262 g/mol. The normalized spacial score (nSPS) is 10.3. The molecule has 0 spiro atoms. The zero-order valence-electron chi connectivity index (χ0n) is 9.27. The molecule has 0 saturated carbocycles. The molecule has 0 aliphatic carbocycles. The molecular formula is C11H6N2O6. The van der Waals surface area contributed by atoms with Gasteiger partial charge in [-0.3, -0.25) is 20.2 Å². The summed E-state index contributed by atoms with van der Waals surface area (Å²) in [6.45, 7) is 0. The zero-order valence-corrected chi connectivity index (χ0v) is 9.27. The van der Waals surface area contributed by atoms with Crippen LogP contribution in [0.5, 0.6) is 0 Å². The molecule has 0 aliphatic rings. The van der Waals surface area contributed by atoms with Crippen molar-refractivity contribution >= 4 is 28.1 Å².